The van der Waals surface area contributed by atoms with Crippen LogP contribution in [-0.4, -0.2) is 10.4 Å². The van der Waals surface area contributed by atoms with Crippen LogP contribution in [0.3, 0.4) is 0 Å². The van der Waals surface area contributed by atoms with Crippen LogP contribution in [0, 0.1) is 0 Å². The zero-order valence-corrected chi connectivity index (χ0v) is 11.6. The Balaban J connectivity index is 2.63. The molecule has 0 aliphatic rings. The maximum atomic E-state index is 12.5. The number of carbonyl (C=O) groups is 1. The summed E-state index contributed by atoms with van der Waals surface area (Å²) in [4.78, 5) is 23.6. The Bertz CT molecular complexity index is 668. The van der Waals surface area contributed by atoms with Crippen LogP contribution in [0.1, 0.15) is 38.8 Å². The molecule has 0 saturated heterocycles. The highest BCUT2D eigenvalue weighted by Gasteiger charge is 2.11. The lowest BCUT2D eigenvalue weighted by Gasteiger charge is -2.15. The molecule has 2 aromatic rings. The molecule has 3 heteroatoms. The molecule has 100 valence electrons. The minimum absolute atomic E-state index is 0.0231. The summed E-state index contributed by atoms with van der Waals surface area (Å²) in [5.41, 5.74) is 1.70. The second-order valence-corrected chi connectivity index (χ2v) is 5.20. The fraction of sp³-hybridized carbons (Fsp3) is 0.375. The number of hydrogen-bond donors (Lipinski definition) is 0. The first-order valence-electron chi connectivity index (χ1n) is 6.63. The van der Waals surface area contributed by atoms with E-state index in [1.807, 2.05) is 48.7 Å². The maximum Gasteiger partial charge on any atom is 0.254 e. The van der Waals surface area contributed by atoms with Gasteiger partial charge in [-0.1, -0.05) is 18.2 Å². The molecule has 0 spiro atoms. The predicted molar refractivity (Wildman–Crippen MR) is 77.6 cm³/mol. The second kappa shape index (κ2) is 5.39. The van der Waals surface area contributed by atoms with E-state index in [1.54, 1.807) is 6.92 Å². The fourth-order valence-corrected chi connectivity index (χ4v) is 2.35. The number of para-hydroxylation sites is 1. The molecule has 2 rings (SSSR count). The smallest absolute Gasteiger partial charge is 0.254 e. The van der Waals surface area contributed by atoms with Gasteiger partial charge in [0.05, 0.1) is 5.52 Å². The van der Waals surface area contributed by atoms with Crippen molar-refractivity contribution in [3.8, 4) is 0 Å². The molecule has 0 aliphatic carbocycles. The number of Topliss-reactive ketones (excluding diaryl/α,β-unsaturated/α-hetero) is 1. The van der Waals surface area contributed by atoms with Crippen molar-refractivity contribution in [1.82, 2.24) is 4.57 Å². The van der Waals surface area contributed by atoms with Crippen molar-refractivity contribution in [3.63, 3.8) is 0 Å². The summed E-state index contributed by atoms with van der Waals surface area (Å²) in [6.45, 7) is 5.56. The number of pyridine rings is 1. The fourth-order valence-electron chi connectivity index (χ4n) is 2.35. The van der Waals surface area contributed by atoms with E-state index in [2.05, 4.69) is 0 Å². The summed E-state index contributed by atoms with van der Waals surface area (Å²) in [6, 6.07) is 9.90. The van der Waals surface area contributed by atoms with Crippen molar-refractivity contribution in [2.75, 3.05) is 0 Å². The monoisotopic (exact) mass is 257 g/mol. The van der Waals surface area contributed by atoms with Crippen molar-refractivity contribution >= 4 is 16.7 Å². The molecule has 0 radical (unpaired) electrons. The first-order chi connectivity index (χ1) is 9.00. The lowest BCUT2D eigenvalue weighted by molar-refractivity contribution is -0.116. The van der Waals surface area contributed by atoms with Crippen LogP contribution in [0.4, 0.5) is 0 Å². The van der Waals surface area contributed by atoms with Gasteiger partial charge < -0.3 is 9.36 Å². The number of fused-ring (bicyclic) bond motifs is 1. The largest absolute Gasteiger partial charge is 0.306 e. The van der Waals surface area contributed by atoms with Gasteiger partial charge in [0.2, 0.25) is 0 Å². The number of benzene rings is 1. The van der Waals surface area contributed by atoms with E-state index < -0.39 is 0 Å². The number of aromatic nitrogens is 1. The van der Waals surface area contributed by atoms with Gasteiger partial charge in [-0.15, -0.1) is 0 Å². The summed E-state index contributed by atoms with van der Waals surface area (Å²) in [7, 11) is 0. The molecule has 1 aromatic carbocycles. The third kappa shape index (κ3) is 2.75. The van der Waals surface area contributed by atoms with Crippen LogP contribution in [0.15, 0.2) is 35.1 Å². The molecule has 0 amide bonds. The molecule has 0 unspecified atom stereocenters. The second-order valence-electron chi connectivity index (χ2n) is 5.20. The first kappa shape index (κ1) is 13.5. The molecular formula is C16H19NO2. The summed E-state index contributed by atoms with van der Waals surface area (Å²) in [5, 5.41) is 1.05. The molecular weight excluding hydrogens is 238 g/mol. The molecule has 1 heterocycles. The van der Waals surface area contributed by atoms with Gasteiger partial charge in [0, 0.05) is 18.0 Å². The van der Waals surface area contributed by atoms with Crippen LogP contribution >= 0.6 is 0 Å². The van der Waals surface area contributed by atoms with Crippen molar-refractivity contribution < 1.29 is 4.79 Å². The van der Waals surface area contributed by atoms with Crippen molar-refractivity contribution in [2.24, 2.45) is 0 Å². The lowest BCUT2D eigenvalue weighted by atomic mass is 10.1. The Hall–Kier alpha value is -1.90. The Kier molecular flexibility index (Phi) is 3.84. The third-order valence-electron chi connectivity index (χ3n) is 3.28. The van der Waals surface area contributed by atoms with Crippen LogP contribution in [0.25, 0.3) is 10.9 Å². The van der Waals surface area contributed by atoms with E-state index >= 15 is 0 Å². The molecule has 0 aliphatic heterocycles. The quantitative estimate of drug-likeness (QED) is 0.844. The van der Waals surface area contributed by atoms with Gasteiger partial charge in [0.1, 0.15) is 5.78 Å². The number of aryl methyl sites for hydroxylation is 1. The van der Waals surface area contributed by atoms with Gasteiger partial charge in [-0.25, -0.2) is 0 Å². The highest BCUT2D eigenvalue weighted by Crippen LogP contribution is 2.17. The molecule has 3 nitrogen and oxygen atoms in total. The number of carbonyl (C=O) groups excluding carboxylic acids is 1. The minimum Gasteiger partial charge on any atom is -0.306 e. The normalized spacial score (nSPS) is 11.2. The number of hydrogen-bond acceptors (Lipinski definition) is 2. The van der Waals surface area contributed by atoms with E-state index in [0.29, 0.717) is 12.8 Å². The highest BCUT2D eigenvalue weighted by atomic mass is 16.1. The summed E-state index contributed by atoms with van der Waals surface area (Å²) in [5.74, 6) is 0.114. The molecule has 1 aromatic heterocycles. The minimum atomic E-state index is 0.0231. The Morgan fingerprint density at radius 2 is 1.95 bits per heavy atom. The number of nitrogens with zero attached hydrogens (tertiary/aromatic N) is 1. The Labute approximate surface area is 112 Å². The van der Waals surface area contributed by atoms with Crippen molar-refractivity contribution in [3.05, 3.63) is 46.2 Å². The van der Waals surface area contributed by atoms with Crippen LogP contribution in [0.5, 0.6) is 0 Å². The Morgan fingerprint density at radius 1 is 1.26 bits per heavy atom. The van der Waals surface area contributed by atoms with E-state index in [0.717, 1.165) is 16.5 Å². The molecule has 0 bridgehead atoms. The zero-order valence-electron chi connectivity index (χ0n) is 11.6. The highest BCUT2D eigenvalue weighted by molar-refractivity contribution is 5.80. The Morgan fingerprint density at radius 3 is 2.58 bits per heavy atom. The first-order valence-corrected chi connectivity index (χ1v) is 6.63. The molecule has 19 heavy (non-hydrogen) atoms. The average Bonchev–Trinajstić information content (AvgIpc) is 2.35. The molecule has 0 fully saturated rings. The average molecular weight is 257 g/mol. The van der Waals surface area contributed by atoms with Crippen molar-refractivity contribution in [2.45, 2.75) is 39.7 Å². The van der Waals surface area contributed by atoms with Gasteiger partial charge in [-0.2, -0.15) is 0 Å². The van der Waals surface area contributed by atoms with Gasteiger partial charge in [0.25, 0.3) is 5.56 Å². The standard InChI is InChI=1S/C16H19NO2/c1-11(2)17-15-7-5-4-6-13(15)10-14(16(17)19)9-8-12(3)18/h4-7,10-11H,8-9H2,1-3H3. The molecule has 0 N–H and O–H groups in total. The summed E-state index contributed by atoms with van der Waals surface area (Å²) in [6.07, 6.45) is 0.942. The zero-order chi connectivity index (χ0) is 14.0. The summed E-state index contributed by atoms with van der Waals surface area (Å²) < 4.78 is 1.81. The SMILES string of the molecule is CC(=O)CCc1cc2ccccc2n(C(C)C)c1=O. The number of rotatable bonds is 4. The van der Waals surface area contributed by atoms with Crippen LogP contribution < -0.4 is 5.56 Å². The van der Waals surface area contributed by atoms with E-state index in [9.17, 15) is 9.59 Å². The lowest BCUT2D eigenvalue weighted by Crippen LogP contribution is -2.25. The summed E-state index contributed by atoms with van der Waals surface area (Å²) >= 11 is 0. The molecule has 0 saturated carbocycles. The van der Waals surface area contributed by atoms with Crippen molar-refractivity contribution in [1.29, 1.82) is 0 Å². The van der Waals surface area contributed by atoms with Gasteiger partial charge >= 0.3 is 0 Å². The van der Waals surface area contributed by atoms with Gasteiger partial charge in [-0.05, 0) is 44.7 Å². The predicted octanol–water partition coefficient (Wildman–Crippen LogP) is 3.10. The van der Waals surface area contributed by atoms with E-state index in [-0.39, 0.29) is 17.4 Å². The van der Waals surface area contributed by atoms with E-state index in [4.69, 9.17) is 0 Å². The van der Waals surface area contributed by atoms with Crippen LogP contribution in [0.2, 0.25) is 0 Å². The third-order valence-corrected chi connectivity index (χ3v) is 3.28. The topological polar surface area (TPSA) is 39.1 Å². The van der Waals surface area contributed by atoms with Crippen LogP contribution in [-0.2, 0) is 11.2 Å². The van der Waals surface area contributed by atoms with Gasteiger partial charge in [0.15, 0.2) is 0 Å². The van der Waals surface area contributed by atoms with Gasteiger partial charge in [-0.3, -0.25) is 4.79 Å². The van der Waals surface area contributed by atoms with E-state index in [1.165, 1.54) is 0 Å². The number of ketones is 1. The molecule has 0 atom stereocenters. The maximum absolute atomic E-state index is 12.5.